The Kier molecular flexibility index (Phi) is 8.08. The Balaban J connectivity index is 1.66. The molecule has 4 rings (SSSR count). The lowest BCUT2D eigenvalue weighted by atomic mass is 9.45. The number of carbonyl (C=O) groups excluding carboxylic acids is 1. The van der Waals surface area contributed by atoms with E-state index >= 15 is 0 Å². The number of carbonyl (C=O) groups is 1. The van der Waals surface area contributed by atoms with Gasteiger partial charge >= 0.3 is 16.4 Å². The molecule has 7 nitrogen and oxygen atoms in total. The minimum Gasteiger partial charge on any atom is -0.469 e. The van der Waals surface area contributed by atoms with Gasteiger partial charge in [0.15, 0.2) is 0 Å². The molecule has 2 N–H and O–H groups in total. The lowest BCUT2D eigenvalue weighted by molar-refractivity contribution is -0.158. The molecule has 216 valence electrons. The fourth-order valence-electron chi connectivity index (χ4n) is 9.60. The summed E-state index contributed by atoms with van der Waals surface area (Å²) in [4.78, 5) is 13.0. The molecular formula is C30H48O7S. The molecule has 0 aliphatic heterocycles. The number of ether oxygens (including phenoxy) is 1. The summed E-state index contributed by atoms with van der Waals surface area (Å²) in [5, 5.41) is 10.6. The monoisotopic (exact) mass is 552 g/mol. The van der Waals surface area contributed by atoms with E-state index in [0.29, 0.717) is 24.7 Å². The Morgan fingerprint density at radius 1 is 1.08 bits per heavy atom. The van der Waals surface area contributed by atoms with E-state index in [1.165, 1.54) is 12.7 Å². The molecule has 0 saturated heterocycles. The molecule has 2 fully saturated rings. The van der Waals surface area contributed by atoms with Crippen LogP contribution in [0.5, 0.6) is 0 Å². The number of esters is 1. The quantitative estimate of drug-likeness (QED) is 0.225. The van der Waals surface area contributed by atoms with Crippen molar-refractivity contribution in [2.45, 2.75) is 112 Å². The predicted octanol–water partition coefficient (Wildman–Crippen LogP) is 6.04. The number of rotatable bonds is 7. The molecule has 2 saturated carbocycles. The van der Waals surface area contributed by atoms with E-state index in [2.05, 4.69) is 27.7 Å². The van der Waals surface area contributed by atoms with Crippen LogP contribution in [-0.2, 0) is 24.1 Å². The molecule has 8 heteroatoms. The van der Waals surface area contributed by atoms with Crippen LogP contribution in [0.4, 0.5) is 0 Å². The summed E-state index contributed by atoms with van der Waals surface area (Å²) >= 11 is 0. The van der Waals surface area contributed by atoms with Crippen LogP contribution >= 0.6 is 0 Å². The van der Waals surface area contributed by atoms with Gasteiger partial charge in [-0.2, -0.15) is 8.42 Å². The zero-order chi connectivity index (χ0) is 28.3. The third-order valence-corrected chi connectivity index (χ3v) is 12.0. The van der Waals surface area contributed by atoms with Crippen molar-refractivity contribution in [2.24, 2.45) is 39.9 Å². The third kappa shape index (κ3) is 4.92. The van der Waals surface area contributed by atoms with Crippen molar-refractivity contribution < 1.29 is 31.8 Å². The van der Waals surface area contributed by atoms with Gasteiger partial charge in [0, 0.05) is 0 Å². The van der Waals surface area contributed by atoms with Crippen LogP contribution in [0.3, 0.4) is 0 Å². The highest BCUT2D eigenvalue weighted by Crippen LogP contribution is 2.71. The molecule has 4 aliphatic carbocycles. The van der Waals surface area contributed by atoms with Crippen molar-refractivity contribution in [3.05, 3.63) is 22.8 Å². The minimum absolute atomic E-state index is 0.0670. The van der Waals surface area contributed by atoms with Crippen molar-refractivity contribution in [2.75, 3.05) is 7.11 Å². The highest BCUT2D eigenvalue weighted by molar-refractivity contribution is 7.80. The van der Waals surface area contributed by atoms with E-state index in [-0.39, 0.29) is 22.2 Å². The van der Waals surface area contributed by atoms with Gasteiger partial charge in [-0.3, -0.25) is 9.35 Å². The average molecular weight is 553 g/mol. The highest BCUT2D eigenvalue weighted by Gasteiger charge is 2.63. The SMILES string of the molecule is COC(=O)[C@@H]1[C@@H](OS(=O)(=O)O)CC[C@]2(C)C3=C(CC[C@@H]12)[C@]1(C)CC[C@H]([C@H](C)C[C@@H](O)C=C(C)C)[C@@]1(C)CC3. The van der Waals surface area contributed by atoms with Crippen LogP contribution in [-0.4, -0.2) is 43.4 Å². The predicted molar refractivity (Wildman–Crippen MR) is 146 cm³/mol. The Hall–Kier alpha value is -1.22. The van der Waals surface area contributed by atoms with Crippen molar-refractivity contribution in [1.29, 1.82) is 0 Å². The number of methoxy groups -OCH3 is 1. The summed E-state index contributed by atoms with van der Waals surface area (Å²) in [5.74, 6) is -0.344. The maximum absolute atomic E-state index is 13.0. The molecule has 0 amide bonds. The molecule has 0 aromatic rings. The summed E-state index contributed by atoms with van der Waals surface area (Å²) in [6.07, 6.45) is 8.51. The largest absolute Gasteiger partial charge is 0.469 e. The van der Waals surface area contributed by atoms with E-state index in [9.17, 15) is 22.9 Å². The molecule has 0 unspecified atom stereocenters. The number of aliphatic hydroxyl groups excluding tert-OH is 1. The Morgan fingerprint density at radius 2 is 1.76 bits per heavy atom. The summed E-state index contributed by atoms with van der Waals surface area (Å²) in [6.45, 7) is 13.5. The molecule has 38 heavy (non-hydrogen) atoms. The summed E-state index contributed by atoms with van der Waals surface area (Å²) in [7, 11) is -3.35. The van der Waals surface area contributed by atoms with Crippen molar-refractivity contribution >= 4 is 16.4 Å². The number of hydrogen-bond acceptors (Lipinski definition) is 6. The van der Waals surface area contributed by atoms with Crippen LogP contribution in [0.2, 0.25) is 0 Å². The molecule has 0 bridgehead atoms. The Labute approximate surface area is 229 Å². The molecule has 9 atom stereocenters. The first-order valence-electron chi connectivity index (χ1n) is 14.4. The van der Waals surface area contributed by atoms with Gasteiger partial charge in [0.2, 0.25) is 0 Å². The fraction of sp³-hybridized carbons (Fsp3) is 0.833. The highest BCUT2D eigenvalue weighted by atomic mass is 32.3. The van der Waals surface area contributed by atoms with E-state index in [1.54, 1.807) is 5.57 Å². The van der Waals surface area contributed by atoms with E-state index in [4.69, 9.17) is 8.92 Å². The number of fused-ring (bicyclic) bond motifs is 4. The van der Waals surface area contributed by atoms with E-state index in [0.717, 1.165) is 50.5 Å². The van der Waals surface area contributed by atoms with Gasteiger partial charge in [0.25, 0.3) is 0 Å². The average Bonchev–Trinajstić information content (AvgIpc) is 3.08. The smallest absolute Gasteiger partial charge is 0.397 e. The van der Waals surface area contributed by atoms with Crippen LogP contribution in [0.15, 0.2) is 22.8 Å². The second-order valence-electron chi connectivity index (χ2n) is 13.6. The number of hydrogen-bond donors (Lipinski definition) is 2. The van der Waals surface area contributed by atoms with Crippen LogP contribution < -0.4 is 0 Å². The molecule has 0 aromatic heterocycles. The van der Waals surface area contributed by atoms with Crippen LogP contribution in [0, 0.1) is 39.9 Å². The molecule has 0 aromatic carbocycles. The van der Waals surface area contributed by atoms with Crippen molar-refractivity contribution in [3.63, 3.8) is 0 Å². The van der Waals surface area contributed by atoms with Gasteiger partial charge in [-0.15, -0.1) is 0 Å². The second kappa shape index (κ2) is 10.3. The molecular weight excluding hydrogens is 504 g/mol. The lowest BCUT2D eigenvalue weighted by Crippen LogP contribution is -2.54. The van der Waals surface area contributed by atoms with Gasteiger partial charge in [-0.1, -0.05) is 50.5 Å². The maximum atomic E-state index is 13.0. The lowest BCUT2D eigenvalue weighted by Gasteiger charge is -2.60. The standard InChI is InChI=1S/C30H48O7S/c1-18(2)16-20(31)17-19(3)21-10-14-30(6)23-8-9-24-26(27(32)36-7)25(37-38(33,34)35)12-13-28(24,4)22(23)11-15-29(21,30)5/h16,19-21,24-26,31H,8-15,17H2,1-7H3,(H,33,34,35)/t19-,20+,21-,24+,25+,26+,28-,29-,30+/m1/s1. The molecule has 4 aliphatic rings. The number of aliphatic hydroxyl groups is 1. The first kappa shape index (κ1) is 29.8. The van der Waals surface area contributed by atoms with Crippen LogP contribution in [0.25, 0.3) is 0 Å². The zero-order valence-electron chi connectivity index (χ0n) is 24.2. The van der Waals surface area contributed by atoms with Gasteiger partial charge in [-0.25, -0.2) is 4.18 Å². The first-order chi connectivity index (χ1) is 17.6. The maximum Gasteiger partial charge on any atom is 0.397 e. The van der Waals surface area contributed by atoms with Crippen molar-refractivity contribution in [1.82, 2.24) is 0 Å². The summed E-state index contributed by atoms with van der Waals surface area (Å²) in [5.41, 5.74) is 4.14. The van der Waals surface area contributed by atoms with Gasteiger partial charge in [0.05, 0.1) is 25.2 Å². The van der Waals surface area contributed by atoms with Crippen molar-refractivity contribution in [3.8, 4) is 0 Å². The summed E-state index contributed by atoms with van der Waals surface area (Å²) < 4.78 is 42.7. The van der Waals surface area contributed by atoms with Crippen LogP contribution in [0.1, 0.15) is 99.3 Å². The number of allylic oxidation sites excluding steroid dienone is 3. The van der Waals surface area contributed by atoms with Gasteiger partial charge in [0.1, 0.15) is 0 Å². The minimum atomic E-state index is -4.68. The van der Waals surface area contributed by atoms with E-state index < -0.39 is 34.5 Å². The summed E-state index contributed by atoms with van der Waals surface area (Å²) in [6, 6.07) is 0. The topological polar surface area (TPSA) is 110 Å². The second-order valence-corrected chi connectivity index (χ2v) is 14.6. The normalized spacial score (nSPS) is 40.4. The third-order valence-electron chi connectivity index (χ3n) is 11.5. The van der Waals surface area contributed by atoms with Gasteiger partial charge < -0.3 is 9.84 Å². The molecule has 0 heterocycles. The molecule has 0 spiro atoms. The fourth-order valence-corrected chi connectivity index (χ4v) is 10.1. The van der Waals surface area contributed by atoms with Gasteiger partial charge in [-0.05, 0) is 106 Å². The zero-order valence-corrected chi connectivity index (χ0v) is 25.1. The Bertz CT molecular complexity index is 1110. The molecule has 0 radical (unpaired) electrons. The van der Waals surface area contributed by atoms with E-state index in [1.807, 2.05) is 19.9 Å². The Morgan fingerprint density at radius 3 is 2.37 bits per heavy atom. The first-order valence-corrected chi connectivity index (χ1v) is 15.7.